The van der Waals surface area contributed by atoms with Crippen LogP contribution in [0.3, 0.4) is 0 Å². The van der Waals surface area contributed by atoms with E-state index in [2.05, 4.69) is 5.32 Å². The Kier molecular flexibility index (Phi) is 7.70. The molecular formula is C15H26N2O4. The molecule has 0 aromatic carbocycles. The summed E-state index contributed by atoms with van der Waals surface area (Å²) >= 11 is 0. The average molecular weight is 298 g/mol. The van der Waals surface area contributed by atoms with Crippen molar-refractivity contribution in [1.82, 2.24) is 10.2 Å². The molecule has 1 atom stereocenters. The van der Waals surface area contributed by atoms with Gasteiger partial charge in [0.1, 0.15) is 6.04 Å². The molecule has 0 saturated carbocycles. The van der Waals surface area contributed by atoms with Crippen molar-refractivity contribution >= 4 is 18.3 Å². The Morgan fingerprint density at radius 3 is 2.33 bits per heavy atom. The van der Waals surface area contributed by atoms with Crippen molar-refractivity contribution in [3.05, 3.63) is 11.6 Å². The normalized spacial score (nSPS) is 13.3. The van der Waals surface area contributed by atoms with Crippen LogP contribution in [0, 0.1) is 5.41 Å². The number of nitrogens with one attached hydrogen (secondary N) is 1. The summed E-state index contributed by atoms with van der Waals surface area (Å²) in [7, 11) is 1.63. The molecule has 0 aliphatic carbocycles. The van der Waals surface area contributed by atoms with Crippen molar-refractivity contribution in [2.75, 3.05) is 20.2 Å². The lowest BCUT2D eigenvalue weighted by atomic mass is 9.86. The first-order chi connectivity index (χ1) is 9.65. The fourth-order valence-corrected chi connectivity index (χ4v) is 1.67. The Bertz CT molecular complexity index is 410. The first-order valence-electron chi connectivity index (χ1n) is 6.93. The van der Waals surface area contributed by atoms with Gasteiger partial charge in [-0.05, 0) is 19.3 Å². The second kappa shape index (κ2) is 8.44. The Balaban J connectivity index is 4.80. The highest BCUT2D eigenvalue weighted by Gasteiger charge is 2.32. The molecule has 2 amide bonds. The highest BCUT2D eigenvalue weighted by atomic mass is 16.5. The molecule has 0 bridgehead atoms. The molecule has 1 N–H and O–H groups in total. The minimum atomic E-state index is -0.615. The van der Waals surface area contributed by atoms with Crippen molar-refractivity contribution in [3.63, 3.8) is 0 Å². The number of likely N-dealkylation sites (N-methyl/N-ethyl adjacent to an activating group) is 1. The van der Waals surface area contributed by atoms with Crippen LogP contribution in [0.4, 0.5) is 0 Å². The van der Waals surface area contributed by atoms with E-state index in [4.69, 9.17) is 4.74 Å². The van der Waals surface area contributed by atoms with E-state index in [9.17, 15) is 14.4 Å². The maximum absolute atomic E-state index is 12.3. The molecule has 0 saturated heterocycles. The number of esters is 1. The van der Waals surface area contributed by atoms with Crippen LogP contribution in [0.5, 0.6) is 0 Å². The molecule has 0 aliphatic heterocycles. The molecule has 0 spiro atoms. The van der Waals surface area contributed by atoms with Crippen LogP contribution >= 0.6 is 0 Å². The van der Waals surface area contributed by atoms with Crippen molar-refractivity contribution in [2.45, 2.75) is 40.7 Å². The van der Waals surface area contributed by atoms with E-state index in [0.29, 0.717) is 18.6 Å². The number of amides is 2. The smallest absolute Gasteiger partial charge is 0.333 e. The molecule has 6 nitrogen and oxygen atoms in total. The van der Waals surface area contributed by atoms with E-state index in [1.165, 1.54) is 4.90 Å². The van der Waals surface area contributed by atoms with Crippen LogP contribution in [0.15, 0.2) is 11.6 Å². The summed E-state index contributed by atoms with van der Waals surface area (Å²) < 4.78 is 4.87. The van der Waals surface area contributed by atoms with Gasteiger partial charge in [0.15, 0.2) is 0 Å². The number of ether oxygens (including phenoxy) is 1. The van der Waals surface area contributed by atoms with E-state index in [-0.39, 0.29) is 12.5 Å². The minimum absolute atomic E-state index is 0.206. The van der Waals surface area contributed by atoms with E-state index < -0.39 is 17.4 Å². The van der Waals surface area contributed by atoms with Gasteiger partial charge in [0, 0.05) is 19.2 Å². The molecule has 0 heterocycles. The van der Waals surface area contributed by atoms with Crippen LogP contribution in [0.1, 0.15) is 34.6 Å². The molecule has 120 valence electrons. The van der Waals surface area contributed by atoms with Gasteiger partial charge in [0.2, 0.25) is 12.3 Å². The SMILES string of the molecule is CCOC(=O)C(C)=CCN(C)C(=O)[C@H](NC=O)C(C)(C)C. The third kappa shape index (κ3) is 6.42. The van der Waals surface area contributed by atoms with Gasteiger partial charge in [-0.1, -0.05) is 26.8 Å². The molecule has 0 radical (unpaired) electrons. The largest absolute Gasteiger partial charge is 0.463 e. The lowest BCUT2D eigenvalue weighted by Gasteiger charge is -2.32. The standard InChI is InChI=1S/C15H26N2O4/c1-7-21-14(20)11(2)8-9-17(6)13(19)12(16-10-18)15(3,4)5/h8,10,12H,7,9H2,1-6H3,(H,16,18)/t12-/m0/s1. The van der Waals surface area contributed by atoms with Crippen LogP contribution < -0.4 is 5.32 Å². The Hall–Kier alpha value is -1.85. The summed E-state index contributed by atoms with van der Waals surface area (Å²) in [6.07, 6.45) is 2.16. The monoisotopic (exact) mass is 298 g/mol. The van der Waals surface area contributed by atoms with Gasteiger partial charge >= 0.3 is 5.97 Å². The van der Waals surface area contributed by atoms with E-state index >= 15 is 0 Å². The lowest BCUT2D eigenvalue weighted by Crippen LogP contribution is -2.51. The Morgan fingerprint density at radius 2 is 1.90 bits per heavy atom. The first-order valence-corrected chi connectivity index (χ1v) is 6.93. The lowest BCUT2D eigenvalue weighted by molar-refractivity contribution is -0.138. The van der Waals surface area contributed by atoms with Crippen molar-refractivity contribution in [2.24, 2.45) is 5.41 Å². The predicted octanol–water partition coefficient (Wildman–Crippen LogP) is 1.11. The number of rotatable bonds is 7. The quantitative estimate of drug-likeness (QED) is 0.434. The van der Waals surface area contributed by atoms with Crippen LogP contribution in [-0.4, -0.2) is 49.4 Å². The van der Waals surface area contributed by atoms with Gasteiger partial charge in [0.05, 0.1) is 6.61 Å². The number of nitrogens with zero attached hydrogens (tertiary/aromatic N) is 1. The molecule has 6 heteroatoms. The third-order valence-electron chi connectivity index (χ3n) is 2.99. The number of hydrogen-bond donors (Lipinski definition) is 1. The zero-order valence-electron chi connectivity index (χ0n) is 13.7. The highest BCUT2D eigenvalue weighted by Crippen LogP contribution is 2.20. The van der Waals surface area contributed by atoms with Crippen LogP contribution in [-0.2, 0) is 19.1 Å². The number of carbonyl (C=O) groups excluding carboxylic acids is 3. The highest BCUT2D eigenvalue weighted by molar-refractivity contribution is 5.88. The molecular weight excluding hydrogens is 272 g/mol. The average Bonchev–Trinajstić information content (AvgIpc) is 2.39. The molecule has 21 heavy (non-hydrogen) atoms. The van der Waals surface area contributed by atoms with Gasteiger partial charge in [-0.15, -0.1) is 0 Å². The zero-order valence-corrected chi connectivity index (χ0v) is 13.7. The summed E-state index contributed by atoms with van der Waals surface area (Å²) in [5.74, 6) is -0.598. The van der Waals surface area contributed by atoms with Gasteiger partial charge in [-0.2, -0.15) is 0 Å². The summed E-state index contributed by atoms with van der Waals surface area (Å²) in [4.78, 5) is 35.9. The van der Waals surface area contributed by atoms with Crippen molar-refractivity contribution in [3.8, 4) is 0 Å². The van der Waals surface area contributed by atoms with Gasteiger partial charge in [-0.3, -0.25) is 9.59 Å². The van der Waals surface area contributed by atoms with E-state index in [0.717, 1.165) is 0 Å². The van der Waals surface area contributed by atoms with Gasteiger partial charge in [-0.25, -0.2) is 4.79 Å². The first kappa shape index (κ1) is 19.1. The Morgan fingerprint density at radius 1 is 1.33 bits per heavy atom. The van der Waals surface area contributed by atoms with E-state index in [1.54, 1.807) is 27.0 Å². The van der Waals surface area contributed by atoms with Gasteiger partial charge in [0.25, 0.3) is 0 Å². The second-order valence-electron chi connectivity index (χ2n) is 5.91. The minimum Gasteiger partial charge on any atom is -0.463 e. The molecule has 0 rings (SSSR count). The van der Waals surface area contributed by atoms with Crippen molar-refractivity contribution < 1.29 is 19.1 Å². The molecule has 0 aromatic rings. The molecule has 0 unspecified atom stereocenters. The predicted molar refractivity (Wildman–Crippen MR) is 80.5 cm³/mol. The fourth-order valence-electron chi connectivity index (χ4n) is 1.67. The molecule has 0 aromatic heterocycles. The molecule has 0 fully saturated rings. The maximum Gasteiger partial charge on any atom is 0.333 e. The molecule has 0 aliphatic rings. The summed E-state index contributed by atoms with van der Waals surface area (Å²) in [6.45, 7) is 9.59. The summed E-state index contributed by atoms with van der Waals surface area (Å²) in [5.41, 5.74) is 0.0544. The van der Waals surface area contributed by atoms with Crippen molar-refractivity contribution in [1.29, 1.82) is 0 Å². The van der Waals surface area contributed by atoms with Crippen LogP contribution in [0.25, 0.3) is 0 Å². The van der Waals surface area contributed by atoms with Crippen LogP contribution in [0.2, 0.25) is 0 Å². The second-order valence-corrected chi connectivity index (χ2v) is 5.91. The Labute approximate surface area is 126 Å². The summed E-state index contributed by atoms with van der Waals surface area (Å²) in [6, 6.07) is -0.615. The number of carbonyl (C=O) groups is 3. The van der Waals surface area contributed by atoms with E-state index in [1.807, 2.05) is 20.8 Å². The third-order valence-corrected chi connectivity index (χ3v) is 2.99. The van der Waals surface area contributed by atoms with Gasteiger partial charge < -0.3 is 15.0 Å². The summed E-state index contributed by atoms with van der Waals surface area (Å²) in [5, 5.41) is 2.55. The number of hydrogen-bond acceptors (Lipinski definition) is 4. The zero-order chi connectivity index (χ0) is 16.6. The maximum atomic E-state index is 12.3. The topological polar surface area (TPSA) is 75.7 Å². The fraction of sp³-hybridized carbons (Fsp3) is 0.667.